The van der Waals surface area contributed by atoms with Crippen molar-refractivity contribution in [3.63, 3.8) is 0 Å². The number of likely N-dealkylation sites (tertiary alicyclic amines) is 1. The van der Waals surface area contributed by atoms with Crippen molar-refractivity contribution in [3.8, 4) is 5.69 Å². The molecule has 0 saturated carbocycles. The highest BCUT2D eigenvalue weighted by atomic mass is 16.2. The van der Waals surface area contributed by atoms with Gasteiger partial charge < -0.3 is 10.2 Å². The molecule has 8 heteroatoms. The largest absolute Gasteiger partial charge is 0.351 e. The van der Waals surface area contributed by atoms with E-state index in [2.05, 4.69) is 20.8 Å². The number of hydrogen-bond acceptors (Lipinski definition) is 5. The average molecular weight is 342 g/mol. The van der Waals surface area contributed by atoms with E-state index in [9.17, 15) is 9.59 Å². The Hall–Kier alpha value is -2.77. The molecule has 8 nitrogen and oxygen atoms in total. The summed E-state index contributed by atoms with van der Waals surface area (Å²) in [6.07, 6.45) is 3.29. The first-order chi connectivity index (χ1) is 12.0. The highest BCUT2D eigenvalue weighted by Crippen LogP contribution is 2.16. The maximum Gasteiger partial charge on any atom is 0.253 e. The number of hydrogen-bond donors (Lipinski definition) is 1. The van der Waals surface area contributed by atoms with Crippen LogP contribution in [0.1, 0.15) is 37.0 Å². The van der Waals surface area contributed by atoms with E-state index >= 15 is 0 Å². The van der Waals surface area contributed by atoms with Crippen molar-refractivity contribution in [2.45, 2.75) is 32.7 Å². The Balaban J connectivity index is 1.65. The molecule has 132 valence electrons. The van der Waals surface area contributed by atoms with Crippen LogP contribution in [0.15, 0.2) is 30.6 Å². The number of rotatable bonds is 4. The number of carbonyl (C=O) groups excluding carboxylic acids is 2. The van der Waals surface area contributed by atoms with Crippen LogP contribution in [0.5, 0.6) is 0 Å². The number of nitrogens with one attached hydrogen (secondary N) is 1. The van der Waals surface area contributed by atoms with Gasteiger partial charge in [0, 0.05) is 30.6 Å². The quantitative estimate of drug-likeness (QED) is 0.896. The molecular formula is C17H22N6O2. The second-order valence-corrected chi connectivity index (χ2v) is 6.55. The van der Waals surface area contributed by atoms with Gasteiger partial charge in [0.15, 0.2) is 0 Å². The van der Waals surface area contributed by atoms with Crippen molar-refractivity contribution < 1.29 is 9.59 Å². The first-order valence-corrected chi connectivity index (χ1v) is 8.47. The molecule has 2 heterocycles. The second kappa shape index (κ2) is 7.42. The van der Waals surface area contributed by atoms with E-state index in [1.54, 1.807) is 17.0 Å². The molecule has 25 heavy (non-hydrogen) atoms. The van der Waals surface area contributed by atoms with Crippen molar-refractivity contribution in [3.05, 3.63) is 36.2 Å². The Kier molecular flexibility index (Phi) is 5.06. The third kappa shape index (κ3) is 4.01. The lowest BCUT2D eigenvalue weighted by Crippen LogP contribution is -2.50. The van der Waals surface area contributed by atoms with Gasteiger partial charge in [0.05, 0.1) is 5.69 Å². The molecule has 1 aliphatic rings. The SMILES string of the molecule is CC(C)C(=O)N[C@@H]1CCCN(C(=O)c2ccc(-n3cnnn3)cc2)C1. The third-order valence-electron chi connectivity index (χ3n) is 4.31. The van der Waals surface area contributed by atoms with Crippen molar-refractivity contribution in [2.75, 3.05) is 13.1 Å². The Labute approximate surface area is 146 Å². The van der Waals surface area contributed by atoms with Gasteiger partial charge >= 0.3 is 0 Å². The minimum atomic E-state index is -0.0510. The van der Waals surface area contributed by atoms with Crippen LogP contribution in [0.2, 0.25) is 0 Å². The molecule has 0 radical (unpaired) electrons. The topological polar surface area (TPSA) is 93.0 Å². The maximum absolute atomic E-state index is 12.7. The van der Waals surface area contributed by atoms with Gasteiger partial charge in [-0.1, -0.05) is 13.8 Å². The van der Waals surface area contributed by atoms with E-state index in [0.717, 1.165) is 18.5 Å². The van der Waals surface area contributed by atoms with E-state index in [0.29, 0.717) is 18.7 Å². The van der Waals surface area contributed by atoms with Gasteiger partial charge in [-0.3, -0.25) is 9.59 Å². The Bertz CT molecular complexity index is 726. The van der Waals surface area contributed by atoms with Crippen LogP contribution in [0, 0.1) is 5.92 Å². The monoisotopic (exact) mass is 342 g/mol. The first kappa shape index (κ1) is 17.1. The Morgan fingerprint density at radius 2 is 2.00 bits per heavy atom. The van der Waals surface area contributed by atoms with Gasteiger partial charge in [-0.15, -0.1) is 5.10 Å². The summed E-state index contributed by atoms with van der Waals surface area (Å²) in [4.78, 5) is 26.4. The minimum absolute atomic E-state index is 0.0214. The summed E-state index contributed by atoms with van der Waals surface area (Å²) in [7, 11) is 0. The average Bonchev–Trinajstić information content (AvgIpc) is 3.16. The molecular weight excluding hydrogens is 320 g/mol. The molecule has 1 atom stereocenters. The molecule has 1 saturated heterocycles. The maximum atomic E-state index is 12.7. The van der Waals surface area contributed by atoms with Gasteiger partial charge in [0.25, 0.3) is 5.91 Å². The zero-order chi connectivity index (χ0) is 17.8. The molecule has 1 N–H and O–H groups in total. The first-order valence-electron chi connectivity index (χ1n) is 8.47. The number of tetrazole rings is 1. The van der Waals surface area contributed by atoms with Crippen LogP contribution < -0.4 is 5.32 Å². The normalized spacial score (nSPS) is 17.6. The number of benzene rings is 1. The van der Waals surface area contributed by atoms with E-state index in [-0.39, 0.29) is 23.8 Å². The van der Waals surface area contributed by atoms with Crippen molar-refractivity contribution >= 4 is 11.8 Å². The zero-order valence-corrected chi connectivity index (χ0v) is 14.4. The summed E-state index contributed by atoms with van der Waals surface area (Å²) in [5.74, 6) is -0.0400. The highest BCUT2D eigenvalue weighted by Gasteiger charge is 2.26. The highest BCUT2D eigenvalue weighted by molar-refractivity contribution is 5.94. The van der Waals surface area contributed by atoms with Gasteiger partial charge in [-0.2, -0.15) is 0 Å². The van der Waals surface area contributed by atoms with Gasteiger partial charge in [-0.25, -0.2) is 4.68 Å². The fraction of sp³-hybridized carbons (Fsp3) is 0.471. The number of carbonyl (C=O) groups is 2. The van der Waals surface area contributed by atoms with Crippen LogP contribution in [0.4, 0.5) is 0 Å². The smallest absolute Gasteiger partial charge is 0.253 e. The molecule has 3 rings (SSSR count). The molecule has 2 aromatic rings. The van der Waals surface area contributed by atoms with Gasteiger partial charge in [0.2, 0.25) is 5.91 Å². The van der Waals surface area contributed by atoms with E-state index in [1.165, 1.54) is 11.0 Å². The van der Waals surface area contributed by atoms with Crippen molar-refractivity contribution in [1.29, 1.82) is 0 Å². The van der Waals surface area contributed by atoms with Crippen LogP contribution in [-0.2, 0) is 4.79 Å². The van der Waals surface area contributed by atoms with Crippen molar-refractivity contribution in [2.24, 2.45) is 5.92 Å². The molecule has 0 unspecified atom stereocenters. The summed E-state index contributed by atoms with van der Waals surface area (Å²) in [5, 5.41) is 14.0. The molecule has 0 bridgehead atoms. The standard InChI is InChI=1S/C17H22N6O2/c1-12(2)16(24)19-14-4-3-9-22(10-14)17(25)13-5-7-15(8-6-13)23-11-18-20-21-23/h5-8,11-12,14H,3-4,9-10H2,1-2H3,(H,19,24)/t14-/m1/s1. The van der Waals surface area contributed by atoms with E-state index in [1.807, 2.05) is 26.0 Å². The summed E-state index contributed by atoms with van der Waals surface area (Å²) >= 11 is 0. The number of amides is 2. The second-order valence-electron chi connectivity index (χ2n) is 6.55. The van der Waals surface area contributed by atoms with Crippen LogP contribution in [-0.4, -0.2) is 56.1 Å². The lowest BCUT2D eigenvalue weighted by molar-refractivity contribution is -0.125. The molecule has 1 aromatic heterocycles. The molecule has 1 aromatic carbocycles. The number of piperidine rings is 1. The molecule has 1 fully saturated rings. The predicted octanol–water partition coefficient (Wildman–Crippen LogP) is 1.04. The van der Waals surface area contributed by atoms with Gasteiger partial charge in [0.1, 0.15) is 6.33 Å². The summed E-state index contributed by atoms with van der Waals surface area (Å²) in [6, 6.07) is 7.19. The fourth-order valence-corrected chi connectivity index (χ4v) is 2.87. The van der Waals surface area contributed by atoms with Crippen molar-refractivity contribution in [1.82, 2.24) is 30.4 Å². The molecule has 0 aliphatic carbocycles. The number of aromatic nitrogens is 4. The lowest BCUT2D eigenvalue weighted by atomic mass is 10.0. The summed E-state index contributed by atoms with van der Waals surface area (Å²) in [6.45, 7) is 4.99. The van der Waals surface area contributed by atoms with E-state index in [4.69, 9.17) is 0 Å². The zero-order valence-electron chi connectivity index (χ0n) is 14.4. The molecule has 0 spiro atoms. The predicted molar refractivity (Wildman–Crippen MR) is 91.1 cm³/mol. The van der Waals surface area contributed by atoms with Crippen LogP contribution >= 0.6 is 0 Å². The Morgan fingerprint density at radius 1 is 1.24 bits per heavy atom. The Morgan fingerprint density at radius 3 is 2.64 bits per heavy atom. The van der Waals surface area contributed by atoms with E-state index < -0.39 is 0 Å². The lowest BCUT2D eigenvalue weighted by Gasteiger charge is -2.33. The van der Waals surface area contributed by atoms with Crippen LogP contribution in [0.25, 0.3) is 5.69 Å². The summed E-state index contributed by atoms with van der Waals surface area (Å²) < 4.78 is 1.53. The molecule has 1 aliphatic heterocycles. The third-order valence-corrected chi connectivity index (χ3v) is 4.31. The van der Waals surface area contributed by atoms with Crippen LogP contribution in [0.3, 0.4) is 0 Å². The minimum Gasteiger partial charge on any atom is -0.351 e. The molecule has 2 amide bonds. The van der Waals surface area contributed by atoms with Gasteiger partial charge in [-0.05, 0) is 47.5 Å². The summed E-state index contributed by atoms with van der Waals surface area (Å²) in [5.41, 5.74) is 1.41. The number of nitrogens with zero attached hydrogens (tertiary/aromatic N) is 5. The fourth-order valence-electron chi connectivity index (χ4n) is 2.87.